The van der Waals surface area contributed by atoms with Gasteiger partial charge in [-0.05, 0) is 49.8 Å². The molecule has 1 heteroatoms. The molecular weight excluding hydrogens is 271 g/mol. The Morgan fingerprint density at radius 3 is 1.71 bits per heavy atom. The van der Waals surface area contributed by atoms with E-state index in [1.54, 1.807) is 5.30 Å². The number of hydrogen-bond donors (Lipinski definition) is 0. The minimum atomic E-state index is 1.01. The molecule has 1 unspecified atom stereocenters. The van der Waals surface area contributed by atoms with Crippen LogP contribution >= 0.6 is 8.58 Å². The number of aryl methyl sites for hydroxylation is 3. The van der Waals surface area contributed by atoms with Crippen LogP contribution in [0.1, 0.15) is 81.4 Å². The molecule has 0 aliphatic heterocycles. The van der Waals surface area contributed by atoms with Gasteiger partial charge >= 0.3 is 0 Å². The predicted octanol–water partition coefficient (Wildman–Crippen LogP) is 6.45. The highest BCUT2D eigenvalue weighted by Gasteiger charge is 2.03. The van der Waals surface area contributed by atoms with Gasteiger partial charge in [0, 0.05) is 0 Å². The Kier molecular flexibility index (Phi) is 10.0. The van der Waals surface area contributed by atoms with Crippen LogP contribution in [0.25, 0.3) is 0 Å². The second kappa shape index (κ2) is 11.2. The summed E-state index contributed by atoms with van der Waals surface area (Å²) < 4.78 is 0. The third-order valence-corrected chi connectivity index (χ3v) is 6.00. The van der Waals surface area contributed by atoms with Gasteiger partial charge < -0.3 is 0 Å². The molecule has 0 radical (unpaired) electrons. The Labute approximate surface area is 134 Å². The van der Waals surface area contributed by atoms with Gasteiger partial charge in [0.25, 0.3) is 0 Å². The van der Waals surface area contributed by atoms with Crippen LogP contribution in [-0.4, -0.2) is 6.16 Å². The molecule has 1 aromatic rings. The Hall–Kier alpha value is -0.350. The van der Waals surface area contributed by atoms with Crippen molar-refractivity contribution >= 4 is 13.9 Å². The summed E-state index contributed by atoms with van der Waals surface area (Å²) in [7, 11) is 1.01. The highest BCUT2D eigenvalue weighted by Crippen LogP contribution is 2.20. The zero-order valence-electron chi connectivity index (χ0n) is 14.7. The van der Waals surface area contributed by atoms with Gasteiger partial charge in [-0.2, -0.15) is 0 Å². The van der Waals surface area contributed by atoms with Crippen LogP contribution in [0.15, 0.2) is 12.1 Å². The standard InChI is InChI=1S/C20H35P/c1-5-6-7-8-9-10-11-12-13-14-21-20-18(3)15-17(2)16-19(20)4/h15-16,21H,5-14H2,1-4H3. The Bertz CT molecular complexity index is 372. The molecule has 1 aromatic carbocycles. The van der Waals surface area contributed by atoms with Gasteiger partial charge in [-0.1, -0.05) is 84.6 Å². The minimum Gasteiger partial charge on any atom is -0.0898 e. The lowest BCUT2D eigenvalue weighted by molar-refractivity contribution is 0.573. The van der Waals surface area contributed by atoms with Gasteiger partial charge in [-0.15, -0.1) is 0 Å². The summed E-state index contributed by atoms with van der Waals surface area (Å²) in [6.07, 6.45) is 14.3. The molecule has 0 N–H and O–H groups in total. The van der Waals surface area contributed by atoms with Crippen molar-refractivity contribution in [3.8, 4) is 0 Å². The number of hydrogen-bond acceptors (Lipinski definition) is 0. The normalized spacial score (nSPS) is 11.6. The lowest BCUT2D eigenvalue weighted by atomic mass is 10.1. The zero-order chi connectivity index (χ0) is 15.5. The molecule has 1 atom stereocenters. The number of benzene rings is 1. The van der Waals surface area contributed by atoms with Gasteiger partial charge in [0.1, 0.15) is 0 Å². The van der Waals surface area contributed by atoms with E-state index in [-0.39, 0.29) is 0 Å². The first-order valence-electron chi connectivity index (χ1n) is 8.97. The predicted molar refractivity (Wildman–Crippen MR) is 101 cm³/mol. The average molecular weight is 306 g/mol. The number of rotatable bonds is 11. The molecule has 0 aliphatic carbocycles. The Balaban J connectivity index is 2.07. The van der Waals surface area contributed by atoms with Gasteiger partial charge in [0.2, 0.25) is 0 Å². The minimum absolute atomic E-state index is 1.01. The van der Waals surface area contributed by atoms with Crippen molar-refractivity contribution < 1.29 is 0 Å². The molecule has 0 amide bonds. The van der Waals surface area contributed by atoms with Crippen molar-refractivity contribution in [3.63, 3.8) is 0 Å². The average Bonchev–Trinajstić information content (AvgIpc) is 2.43. The molecule has 0 nitrogen and oxygen atoms in total. The second-order valence-electron chi connectivity index (χ2n) is 6.53. The van der Waals surface area contributed by atoms with Crippen LogP contribution < -0.4 is 5.30 Å². The van der Waals surface area contributed by atoms with E-state index < -0.39 is 0 Å². The third kappa shape index (κ3) is 8.01. The largest absolute Gasteiger partial charge is 0.0898 e. The van der Waals surface area contributed by atoms with Crippen molar-refractivity contribution in [3.05, 3.63) is 28.8 Å². The maximum atomic E-state index is 2.34. The fraction of sp³-hybridized carbons (Fsp3) is 0.700. The monoisotopic (exact) mass is 306 g/mol. The van der Waals surface area contributed by atoms with Crippen molar-refractivity contribution in [2.75, 3.05) is 6.16 Å². The maximum absolute atomic E-state index is 2.34. The molecule has 0 aliphatic rings. The van der Waals surface area contributed by atoms with Crippen molar-refractivity contribution in [1.82, 2.24) is 0 Å². The van der Waals surface area contributed by atoms with Crippen molar-refractivity contribution in [2.45, 2.75) is 85.5 Å². The van der Waals surface area contributed by atoms with E-state index in [1.165, 1.54) is 80.6 Å². The topological polar surface area (TPSA) is 0 Å². The maximum Gasteiger partial charge on any atom is -0.0213 e. The third-order valence-electron chi connectivity index (χ3n) is 4.26. The Morgan fingerprint density at radius 1 is 0.714 bits per heavy atom. The molecule has 0 fully saturated rings. The highest BCUT2D eigenvalue weighted by molar-refractivity contribution is 7.47. The summed E-state index contributed by atoms with van der Waals surface area (Å²) in [5, 5.41) is 1.63. The van der Waals surface area contributed by atoms with Crippen molar-refractivity contribution in [2.24, 2.45) is 0 Å². The fourth-order valence-electron chi connectivity index (χ4n) is 3.11. The highest BCUT2D eigenvalue weighted by atomic mass is 31.1. The van der Waals surface area contributed by atoms with Crippen LogP contribution in [0.3, 0.4) is 0 Å². The van der Waals surface area contributed by atoms with E-state index >= 15 is 0 Å². The lowest BCUT2D eigenvalue weighted by Crippen LogP contribution is -2.06. The summed E-state index contributed by atoms with van der Waals surface area (Å²) in [6.45, 7) is 9.04. The second-order valence-corrected chi connectivity index (χ2v) is 7.88. The molecule has 0 spiro atoms. The fourth-order valence-corrected chi connectivity index (χ4v) is 4.49. The quantitative estimate of drug-likeness (QED) is 0.326. The molecule has 0 heterocycles. The lowest BCUT2D eigenvalue weighted by Gasteiger charge is -2.11. The van der Waals surface area contributed by atoms with E-state index in [2.05, 4.69) is 39.8 Å². The van der Waals surface area contributed by atoms with E-state index in [0.29, 0.717) is 0 Å². The van der Waals surface area contributed by atoms with E-state index in [4.69, 9.17) is 0 Å². The molecule has 1 rings (SSSR count). The van der Waals surface area contributed by atoms with E-state index in [1.807, 2.05) is 0 Å². The summed E-state index contributed by atoms with van der Waals surface area (Å²) in [4.78, 5) is 0. The van der Waals surface area contributed by atoms with Crippen LogP contribution in [0.2, 0.25) is 0 Å². The first-order valence-corrected chi connectivity index (χ1v) is 10.2. The van der Waals surface area contributed by atoms with Crippen LogP contribution in [0, 0.1) is 20.8 Å². The van der Waals surface area contributed by atoms with Gasteiger partial charge in [0.15, 0.2) is 0 Å². The summed E-state index contributed by atoms with van der Waals surface area (Å²) in [5.41, 5.74) is 4.41. The molecule has 0 aromatic heterocycles. The summed E-state index contributed by atoms with van der Waals surface area (Å²) in [5.74, 6) is 0. The SMILES string of the molecule is CCCCCCCCCCCPc1c(C)cc(C)cc1C. The van der Waals surface area contributed by atoms with Crippen LogP contribution in [0.4, 0.5) is 0 Å². The van der Waals surface area contributed by atoms with Gasteiger partial charge in [-0.3, -0.25) is 0 Å². The van der Waals surface area contributed by atoms with Crippen LogP contribution in [-0.2, 0) is 0 Å². The zero-order valence-corrected chi connectivity index (χ0v) is 15.7. The molecule has 21 heavy (non-hydrogen) atoms. The number of unbranched alkanes of at least 4 members (excludes halogenated alkanes) is 8. The van der Waals surface area contributed by atoms with Gasteiger partial charge in [-0.25, -0.2) is 0 Å². The molecule has 0 bridgehead atoms. The van der Waals surface area contributed by atoms with E-state index in [0.717, 1.165) is 8.58 Å². The van der Waals surface area contributed by atoms with Crippen molar-refractivity contribution in [1.29, 1.82) is 0 Å². The smallest absolute Gasteiger partial charge is 0.0213 e. The van der Waals surface area contributed by atoms with E-state index in [9.17, 15) is 0 Å². The molecule has 120 valence electrons. The summed E-state index contributed by atoms with van der Waals surface area (Å²) in [6, 6.07) is 4.68. The molecular formula is C20H35P. The summed E-state index contributed by atoms with van der Waals surface area (Å²) >= 11 is 0. The first-order chi connectivity index (χ1) is 10.1. The molecule has 0 saturated carbocycles. The first kappa shape index (κ1) is 18.7. The molecule has 0 saturated heterocycles. The Morgan fingerprint density at radius 2 is 1.19 bits per heavy atom. The van der Waals surface area contributed by atoms with Gasteiger partial charge in [0.05, 0.1) is 0 Å². The van der Waals surface area contributed by atoms with Crippen LogP contribution in [0.5, 0.6) is 0 Å².